The van der Waals surface area contributed by atoms with Crippen molar-refractivity contribution < 1.29 is 0 Å². The lowest BCUT2D eigenvalue weighted by Crippen LogP contribution is -2.47. The summed E-state index contributed by atoms with van der Waals surface area (Å²) < 4.78 is 2.04. The number of nitrogens with one attached hydrogen (secondary N) is 1. The fourth-order valence-electron chi connectivity index (χ4n) is 4.80. The number of anilines is 2. The van der Waals surface area contributed by atoms with Crippen LogP contribution in [-0.2, 0) is 19.5 Å². The number of nitrogens with zero attached hydrogens (tertiary/aromatic N) is 5. The van der Waals surface area contributed by atoms with Gasteiger partial charge in [0.05, 0.1) is 23.1 Å². The standard InChI is InChI=1S/C23H31N7S/c1-27-10-7-17-20(15-27)31-23-21(17)22(25)30(16-26-23)9-4-8-28-11-13-29(14-12-28)19-6-3-2-5-18(19)24/h2-3,5-6,16,25H,4,7-15,24H2,1H3. The first-order chi connectivity index (χ1) is 15.1. The van der Waals surface area contributed by atoms with Crippen LogP contribution in [0.2, 0.25) is 0 Å². The molecule has 4 heterocycles. The van der Waals surface area contributed by atoms with Crippen LogP contribution in [0.25, 0.3) is 10.2 Å². The van der Waals surface area contributed by atoms with Gasteiger partial charge in [-0.2, -0.15) is 0 Å². The van der Waals surface area contributed by atoms with Gasteiger partial charge < -0.3 is 20.1 Å². The summed E-state index contributed by atoms with van der Waals surface area (Å²) in [4.78, 5) is 14.4. The number of hydrogen-bond donors (Lipinski definition) is 2. The van der Waals surface area contributed by atoms with E-state index in [0.29, 0.717) is 5.49 Å². The molecule has 0 radical (unpaired) electrons. The Morgan fingerprint density at radius 1 is 1.10 bits per heavy atom. The molecule has 3 aromatic rings. The Bertz CT molecular complexity index is 1130. The number of likely N-dealkylation sites (N-methyl/N-ethyl adjacent to an activating group) is 1. The van der Waals surface area contributed by atoms with Crippen LogP contribution in [0.1, 0.15) is 16.9 Å². The first-order valence-corrected chi connectivity index (χ1v) is 12.0. The van der Waals surface area contributed by atoms with Gasteiger partial charge in [0.25, 0.3) is 0 Å². The molecule has 0 aliphatic carbocycles. The molecule has 2 aliphatic rings. The number of para-hydroxylation sites is 2. The predicted octanol–water partition coefficient (Wildman–Crippen LogP) is 2.36. The van der Waals surface area contributed by atoms with E-state index in [4.69, 9.17) is 16.1 Å². The van der Waals surface area contributed by atoms with Crippen molar-refractivity contribution in [3.05, 3.63) is 46.5 Å². The minimum absolute atomic E-state index is 0.636. The Kier molecular flexibility index (Phi) is 5.69. The van der Waals surface area contributed by atoms with Gasteiger partial charge >= 0.3 is 0 Å². The number of thiophene rings is 1. The minimum Gasteiger partial charge on any atom is -0.397 e. The Labute approximate surface area is 187 Å². The molecule has 7 nitrogen and oxygen atoms in total. The topological polar surface area (TPSA) is 77.4 Å². The number of aromatic nitrogens is 2. The summed E-state index contributed by atoms with van der Waals surface area (Å²) >= 11 is 1.76. The quantitative estimate of drug-likeness (QED) is 0.599. The second-order valence-electron chi connectivity index (χ2n) is 8.70. The molecule has 0 spiro atoms. The molecule has 0 amide bonds. The number of nitrogen functional groups attached to an aromatic ring is 1. The van der Waals surface area contributed by atoms with Crippen molar-refractivity contribution in [3.63, 3.8) is 0 Å². The summed E-state index contributed by atoms with van der Waals surface area (Å²) in [5, 5.41) is 9.88. The Morgan fingerprint density at radius 2 is 1.90 bits per heavy atom. The Balaban J connectivity index is 1.19. The maximum Gasteiger partial charge on any atom is 0.136 e. The van der Waals surface area contributed by atoms with Crippen molar-refractivity contribution in [1.82, 2.24) is 19.4 Å². The normalized spacial score (nSPS) is 17.9. The van der Waals surface area contributed by atoms with Gasteiger partial charge in [0.15, 0.2) is 0 Å². The highest BCUT2D eigenvalue weighted by Gasteiger charge is 2.21. The fourth-order valence-corrected chi connectivity index (χ4v) is 6.06. The summed E-state index contributed by atoms with van der Waals surface area (Å²) in [5.41, 5.74) is 10.2. The molecule has 0 unspecified atom stereocenters. The van der Waals surface area contributed by atoms with Gasteiger partial charge in [-0.25, -0.2) is 4.98 Å². The molecule has 1 fully saturated rings. The molecule has 3 N–H and O–H groups in total. The van der Waals surface area contributed by atoms with Crippen LogP contribution in [-0.4, -0.2) is 65.7 Å². The lowest BCUT2D eigenvalue weighted by Gasteiger charge is -2.36. The van der Waals surface area contributed by atoms with E-state index in [-0.39, 0.29) is 0 Å². The molecule has 2 aliphatic heterocycles. The number of fused-ring (bicyclic) bond motifs is 3. The van der Waals surface area contributed by atoms with E-state index in [2.05, 4.69) is 33.9 Å². The molecule has 1 aromatic carbocycles. The third-order valence-corrected chi connectivity index (χ3v) is 7.72. The molecule has 5 rings (SSSR count). The van der Waals surface area contributed by atoms with Crippen molar-refractivity contribution in [3.8, 4) is 0 Å². The molecule has 2 aromatic heterocycles. The van der Waals surface area contributed by atoms with Gasteiger partial charge in [0.1, 0.15) is 10.3 Å². The van der Waals surface area contributed by atoms with Crippen LogP contribution < -0.4 is 16.1 Å². The summed E-state index contributed by atoms with van der Waals surface area (Å²) in [6.07, 6.45) is 3.93. The molecular formula is C23H31N7S. The zero-order valence-electron chi connectivity index (χ0n) is 18.2. The molecule has 1 saturated heterocycles. The molecule has 31 heavy (non-hydrogen) atoms. The van der Waals surface area contributed by atoms with Crippen LogP contribution in [0.15, 0.2) is 30.6 Å². The van der Waals surface area contributed by atoms with Crippen molar-refractivity contribution in [2.45, 2.75) is 25.9 Å². The van der Waals surface area contributed by atoms with E-state index in [9.17, 15) is 0 Å². The first-order valence-electron chi connectivity index (χ1n) is 11.1. The molecule has 164 valence electrons. The van der Waals surface area contributed by atoms with Crippen LogP contribution >= 0.6 is 11.3 Å². The molecule has 0 atom stereocenters. The van der Waals surface area contributed by atoms with E-state index in [1.807, 2.05) is 23.0 Å². The zero-order chi connectivity index (χ0) is 21.4. The number of piperazine rings is 1. The van der Waals surface area contributed by atoms with E-state index < -0.39 is 0 Å². The SMILES string of the molecule is CN1CCc2c(sc3ncn(CCCN4CCN(c5ccccc5N)CC4)c(=N)c23)C1. The van der Waals surface area contributed by atoms with Gasteiger partial charge in [-0.3, -0.25) is 10.3 Å². The third-order valence-electron chi connectivity index (χ3n) is 6.59. The van der Waals surface area contributed by atoms with Crippen LogP contribution in [0.3, 0.4) is 0 Å². The third kappa shape index (κ3) is 4.07. The number of nitrogens with two attached hydrogens (primary N) is 1. The Hall–Kier alpha value is -2.42. The van der Waals surface area contributed by atoms with Crippen molar-refractivity contribution in [2.75, 3.05) is 56.9 Å². The van der Waals surface area contributed by atoms with Gasteiger partial charge in [0.2, 0.25) is 0 Å². The fraction of sp³-hybridized carbons (Fsp3) is 0.478. The highest BCUT2D eigenvalue weighted by Crippen LogP contribution is 2.31. The smallest absolute Gasteiger partial charge is 0.136 e. The van der Waals surface area contributed by atoms with Gasteiger partial charge in [-0.1, -0.05) is 12.1 Å². The molecular weight excluding hydrogens is 406 g/mol. The predicted molar refractivity (Wildman–Crippen MR) is 128 cm³/mol. The maximum absolute atomic E-state index is 8.79. The summed E-state index contributed by atoms with van der Waals surface area (Å²) in [7, 11) is 2.16. The summed E-state index contributed by atoms with van der Waals surface area (Å²) in [6.45, 7) is 8.06. The lowest BCUT2D eigenvalue weighted by molar-refractivity contribution is 0.250. The molecule has 0 bridgehead atoms. The second-order valence-corrected chi connectivity index (χ2v) is 9.78. The van der Waals surface area contributed by atoms with Crippen LogP contribution in [0.5, 0.6) is 0 Å². The van der Waals surface area contributed by atoms with Gasteiger partial charge in [-0.05, 0) is 44.1 Å². The summed E-state index contributed by atoms with van der Waals surface area (Å²) in [5.74, 6) is 0. The van der Waals surface area contributed by atoms with E-state index in [0.717, 1.165) is 86.8 Å². The van der Waals surface area contributed by atoms with Crippen molar-refractivity contribution in [1.29, 1.82) is 5.41 Å². The van der Waals surface area contributed by atoms with Crippen LogP contribution in [0.4, 0.5) is 11.4 Å². The highest BCUT2D eigenvalue weighted by atomic mass is 32.1. The maximum atomic E-state index is 8.79. The average Bonchev–Trinajstić information content (AvgIpc) is 3.14. The number of rotatable bonds is 5. The monoisotopic (exact) mass is 437 g/mol. The number of aryl methyl sites for hydroxylation is 1. The highest BCUT2D eigenvalue weighted by molar-refractivity contribution is 7.18. The van der Waals surface area contributed by atoms with E-state index in [1.165, 1.54) is 10.4 Å². The van der Waals surface area contributed by atoms with Crippen LogP contribution in [0, 0.1) is 5.41 Å². The largest absolute Gasteiger partial charge is 0.397 e. The van der Waals surface area contributed by atoms with Gasteiger partial charge in [0, 0.05) is 50.7 Å². The van der Waals surface area contributed by atoms with Crippen molar-refractivity contribution >= 4 is 32.9 Å². The molecule has 8 heteroatoms. The Morgan fingerprint density at radius 3 is 2.71 bits per heavy atom. The second kappa shape index (κ2) is 8.61. The zero-order valence-corrected chi connectivity index (χ0v) is 19.0. The molecule has 0 saturated carbocycles. The van der Waals surface area contributed by atoms with Crippen molar-refractivity contribution in [2.24, 2.45) is 0 Å². The number of benzene rings is 1. The lowest BCUT2D eigenvalue weighted by atomic mass is 10.1. The minimum atomic E-state index is 0.636. The van der Waals surface area contributed by atoms with E-state index in [1.54, 1.807) is 11.3 Å². The first kappa shape index (κ1) is 20.5. The average molecular weight is 438 g/mol. The van der Waals surface area contributed by atoms with Gasteiger partial charge in [-0.15, -0.1) is 11.3 Å². The van der Waals surface area contributed by atoms with E-state index >= 15 is 0 Å². The number of hydrogen-bond acceptors (Lipinski definition) is 7. The summed E-state index contributed by atoms with van der Waals surface area (Å²) in [6, 6.07) is 8.14.